The lowest BCUT2D eigenvalue weighted by atomic mass is 10.0. The van der Waals surface area contributed by atoms with E-state index < -0.39 is 12.0 Å². The SMILES string of the molecule is NC(CCC(=O)O)c1cc(O)ccc1Cl. The van der Waals surface area contributed by atoms with Gasteiger partial charge in [-0.15, -0.1) is 0 Å². The molecule has 0 aromatic heterocycles. The van der Waals surface area contributed by atoms with Gasteiger partial charge in [-0.2, -0.15) is 0 Å². The molecule has 0 aliphatic heterocycles. The van der Waals surface area contributed by atoms with E-state index >= 15 is 0 Å². The Balaban J connectivity index is 2.76. The topological polar surface area (TPSA) is 83.6 Å². The highest BCUT2D eigenvalue weighted by molar-refractivity contribution is 6.31. The molecule has 15 heavy (non-hydrogen) atoms. The number of carboxylic acids is 1. The number of benzene rings is 1. The van der Waals surface area contributed by atoms with E-state index in [0.29, 0.717) is 17.0 Å². The standard InChI is InChI=1S/C10H12ClNO3/c11-8-2-1-6(13)5-7(8)9(12)3-4-10(14)15/h1-2,5,9,13H,3-4,12H2,(H,14,15). The van der Waals surface area contributed by atoms with Crippen LogP contribution in [-0.2, 0) is 4.79 Å². The number of aromatic hydroxyl groups is 1. The molecule has 0 saturated heterocycles. The summed E-state index contributed by atoms with van der Waals surface area (Å²) in [5.74, 6) is -0.832. The number of halogens is 1. The third kappa shape index (κ3) is 3.42. The van der Waals surface area contributed by atoms with Gasteiger partial charge in [0.2, 0.25) is 0 Å². The number of nitrogens with two attached hydrogens (primary N) is 1. The van der Waals surface area contributed by atoms with Crippen molar-refractivity contribution in [3.63, 3.8) is 0 Å². The predicted molar refractivity (Wildman–Crippen MR) is 56.9 cm³/mol. The summed E-state index contributed by atoms with van der Waals surface area (Å²) in [7, 11) is 0. The molecule has 4 N–H and O–H groups in total. The second kappa shape index (κ2) is 5.00. The molecule has 1 aromatic carbocycles. The van der Waals surface area contributed by atoms with Gasteiger partial charge in [-0.25, -0.2) is 0 Å². The monoisotopic (exact) mass is 229 g/mol. The molecule has 0 radical (unpaired) electrons. The van der Waals surface area contributed by atoms with Gasteiger partial charge in [0.05, 0.1) is 0 Å². The predicted octanol–water partition coefficient (Wildman–Crippen LogP) is 1.91. The average molecular weight is 230 g/mol. The zero-order valence-corrected chi connectivity index (χ0v) is 8.74. The molecular formula is C10H12ClNO3. The molecule has 1 rings (SSSR count). The van der Waals surface area contributed by atoms with Crippen LogP contribution in [0.2, 0.25) is 5.02 Å². The first kappa shape index (κ1) is 11.8. The fraction of sp³-hybridized carbons (Fsp3) is 0.300. The van der Waals surface area contributed by atoms with Gasteiger partial charge in [-0.3, -0.25) is 4.79 Å². The van der Waals surface area contributed by atoms with Crippen molar-refractivity contribution >= 4 is 17.6 Å². The summed E-state index contributed by atoms with van der Waals surface area (Å²) >= 11 is 5.87. The van der Waals surface area contributed by atoms with E-state index in [0.717, 1.165) is 0 Å². The van der Waals surface area contributed by atoms with Gasteiger partial charge in [-0.1, -0.05) is 11.6 Å². The largest absolute Gasteiger partial charge is 0.508 e. The number of phenols is 1. The van der Waals surface area contributed by atoms with Crippen LogP contribution in [0.25, 0.3) is 0 Å². The van der Waals surface area contributed by atoms with Crippen molar-refractivity contribution in [1.29, 1.82) is 0 Å². The third-order valence-corrected chi connectivity index (χ3v) is 2.39. The third-order valence-electron chi connectivity index (χ3n) is 2.05. The van der Waals surface area contributed by atoms with Gasteiger partial charge in [0.1, 0.15) is 5.75 Å². The van der Waals surface area contributed by atoms with Crippen molar-refractivity contribution in [2.45, 2.75) is 18.9 Å². The molecule has 1 unspecified atom stereocenters. The van der Waals surface area contributed by atoms with Crippen molar-refractivity contribution in [2.75, 3.05) is 0 Å². The fourth-order valence-electron chi connectivity index (χ4n) is 1.25. The summed E-state index contributed by atoms with van der Waals surface area (Å²) in [5.41, 5.74) is 6.32. The Morgan fingerprint density at radius 1 is 1.53 bits per heavy atom. The Kier molecular flexibility index (Phi) is 3.94. The molecule has 0 heterocycles. The Morgan fingerprint density at radius 2 is 2.20 bits per heavy atom. The maximum absolute atomic E-state index is 10.3. The van der Waals surface area contributed by atoms with E-state index in [-0.39, 0.29) is 12.2 Å². The van der Waals surface area contributed by atoms with E-state index in [1.54, 1.807) is 0 Å². The molecule has 0 bridgehead atoms. The Morgan fingerprint density at radius 3 is 2.80 bits per heavy atom. The van der Waals surface area contributed by atoms with Crippen LogP contribution in [-0.4, -0.2) is 16.2 Å². The van der Waals surface area contributed by atoms with Gasteiger partial charge in [0.15, 0.2) is 0 Å². The fourth-order valence-corrected chi connectivity index (χ4v) is 1.51. The van der Waals surface area contributed by atoms with E-state index in [4.69, 9.17) is 22.4 Å². The minimum Gasteiger partial charge on any atom is -0.508 e. The second-order valence-corrected chi connectivity index (χ2v) is 3.65. The number of rotatable bonds is 4. The molecule has 0 aliphatic rings. The Bertz CT molecular complexity index is 368. The van der Waals surface area contributed by atoms with Crippen LogP contribution in [0.4, 0.5) is 0 Å². The van der Waals surface area contributed by atoms with E-state index in [9.17, 15) is 9.90 Å². The van der Waals surface area contributed by atoms with Crippen LogP contribution >= 0.6 is 11.6 Å². The molecule has 1 aromatic rings. The number of carboxylic acid groups (broad SMARTS) is 1. The molecular weight excluding hydrogens is 218 g/mol. The lowest BCUT2D eigenvalue weighted by Crippen LogP contribution is -2.12. The normalized spacial score (nSPS) is 12.4. The number of hydrogen-bond acceptors (Lipinski definition) is 3. The summed E-state index contributed by atoms with van der Waals surface area (Å²) in [4.78, 5) is 10.3. The number of carbonyl (C=O) groups is 1. The highest BCUT2D eigenvalue weighted by atomic mass is 35.5. The van der Waals surface area contributed by atoms with Gasteiger partial charge in [-0.05, 0) is 30.2 Å². The lowest BCUT2D eigenvalue weighted by Gasteiger charge is -2.12. The second-order valence-electron chi connectivity index (χ2n) is 3.24. The van der Waals surface area contributed by atoms with Crippen LogP contribution in [0.1, 0.15) is 24.4 Å². The zero-order valence-electron chi connectivity index (χ0n) is 7.98. The molecule has 0 spiro atoms. The number of phenolic OH excluding ortho intramolecular Hbond substituents is 1. The van der Waals surface area contributed by atoms with E-state index in [1.165, 1.54) is 18.2 Å². The molecule has 1 atom stereocenters. The first-order chi connectivity index (χ1) is 7.00. The van der Waals surface area contributed by atoms with Crippen molar-refractivity contribution < 1.29 is 15.0 Å². The Labute approximate surface area is 92.3 Å². The minimum atomic E-state index is -0.901. The first-order valence-corrected chi connectivity index (χ1v) is 4.84. The molecule has 0 amide bonds. The molecule has 82 valence electrons. The molecule has 0 fully saturated rings. The first-order valence-electron chi connectivity index (χ1n) is 4.46. The maximum Gasteiger partial charge on any atom is 0.303 e. The molecule has 5 heteroatoms. The summed E-state index contributed by atoms with van der Waals surface area (Å²) in [5, 5.41) is 18.2. The molecule has 4 nitrogen and oxygen atoms in total. The molecule has 0 aliphatic carbocycles. The smallest absolute Gasteiger partial charge is 0.303 e. The quantitative estimate of drug-likeness (QED) is 0.737. The van der Waals surface area contributed by atoms with Gasteiger partial charge in [0.25, 0.3) is 0 Å². The average Bonchev–Trinajstić information content (AvgIpc) is 2.18. The summed E-state index contributed by atoms with van der Waals surface area (Å²) < 4.78 is 0. The minimum absolute atomic E-state index is 0.0207. The van der Waals surface area contributed by atoms with E-state index in [2.05, 4.69) is 0 Å². The van der Waals surface area contributed by atoms with Crippen molar-refractivity contribution in [3.05, 3.63) is 28.8 Å². The van der Waals surface area contributed by atoms with Crippen molar-refractivity contribution in [1.82, 2.24) is 0 Å². The number of hydrogen-bond donors (Lipinski definition) is 3. The van der Waals surface area contributed by atoms with Crippen LogP contribution in [0.15, 0.2) is 18.2 Å². The maximum atomic E-state index is 10.3. The van der Waals surface area contributed by atoms with E-state index in [1.807, 2.05) is 0 Å². The Hall–Kier alpha value is -1.26. The van der Waals surface area contributed by atoms with Crippen LogP contribution in [0.5, 0.6) is 5.75 Å². The summed E-state index contributed by atoms with van der Waals surface area (Å²) in [6, 6.07) is 3.97. The van der Waals surface area contributed by atoms with Gasteiger partial charge in [0, 0.05) is 17.5 Å². The van der Waals surface area contributed by atoms with Crippen molar-refractivity contribution in [2.24, 2.45) is 5.73 Å². The summed E-state index contributed by atoms with van der Waals surface area (Å²) in [6.07, 6.45) is 0.270. The summed E-state index contributed by atoms with van der Waals surface area (Å²) in [6.45, 7) is 0. The highest BCUT2D eigenvalue weighted by Gasteiger charge is 2.12. The molecule has 0 saturated carbocycles. The van der Waals surface area contributed by atoms with Crippen molar-refractivity contribution in [3.8, 4) is 5.75 Å². The lowest BCUT2D eigenvalue weighted by molar-refractivity contribution is -0.137. The zero-order chi connectivity index (χ0) is 11.4. The van der Waals surface area contributed by atoms with Gasteiger partial charge >= 0.3 is 5.97 Å². The number of aliphatic carboxylic acids is 1. The van der Waals surface area contributed by atoms with Crippen LogP contribution < -0.4 is 5.73 Å². The highest BCUT2D eigenvalue weighted by Crippen LogP contribution is 2.27. The van der Waals surface area contributed by atoms with Gasteiger partial charge < -0.3 is 15.9 Å². The van der Waals surface area contributed by atoms with Crippen LogP contribution in [0.3, 0.4) is 0 Å². The van der Waals surface area contributed by atoms with Crippen LogP contribution in [0, 0.1) is 0 Å².